The maximum absolute atomic E-state index is 11.6. The number of nitrogen functional groups attached to an aromatic ring is 1. The summed E-state index contributed by atoms with van der Waals surface area (Å²) in [6.07, 6.45) is 4.08. The standard InChI is InChI=1S/C18H22N2O3S/c1-11-7-13(9-14(19)8-11)15-10-20-17(24-15)18(22)5-3-12(4-6-18)16(21)23-2/h7-10,12,22H,3-6,19H2,1-2H3. The number of ether oxygens (including phenoxy) is 1. The number of aryl methyl sites for hydroxylation is 1. The first-order valence-electron chi connectivity index (χ1n) is 8.05. The van der Waals surface area contributed by atoms with E-state index in [4.69, 9.17) is 10.5 Å². The summed E-state index contributed by atoms with van der Waals surface area (Å²) in [5.41, 5.74) is 7.80. The molecule has 2 aromatic rings. The highest BCUT2D eigenvalue weighted by Crippen LogP contribution is 2.43. The molecular formula is C18H22N2O3S. The lowest BCUT2D eigenvalue weighted by molar-refractivity contribution is -0.148. The third kappa shape index (κ3) is 3.30. The number of anilines is 1. The molecule has 0 aliphatic heterocycles. The Hall–Kier alpha value is -1.92. The Labute approximate surface area is 145 Å². The van der Waals surface area contributed by atoms with E-state index in [-0.39, 0.29) is 11.9 Å². The van der Waals surface area contributed by atoms with Crippen molar-refractivity contribution in [2.75, 3.05) is 12.8 Å². The number of hydrogen-bond donors (Lipinski definition) is 2. The van der Waals surface area contributed by atoms with Crippen molar-refractivity contribution < 1.29 is 14.6 Å². The van der Waals surface area contributed by atoms with Crippen LogP contribution >= 0.6 is 11.3 Å². The lowest BCUT2D eigenvalue weighted by atomic mass is 9.79. The molecule has 0 atom stereocenters. The van der Waals surface area contributed by atoms with Gasteiger partial charge in [0, 0.05) is 11.9 Å². The van der Waals surface area contributed by atoms with Crippen LogP contribution < -0.4 is 5.73 Å². The second-order valence-electron chi connectivity index (χ2n) is 6.49. The molecule has 1 aliphatic rings. The van der Waals surface area contributed by atoms with E-state index in [0.717, 1.165) is 21.7 Å². The van der Waals surface area contributed by atoms with Gasteiger partial charge in [-0.15, -0.1) is 11.3 Å². The van der Waals surface area contributed by atoms with Crippen LogP contribution in [0.25, 0.3) is 10.4 Å². The Balaban J connectivity index is 1.79. The predicted molar refractivity (Wildman–Crippen MR) is 94.6 cm³/mol. The van der Waals surface area contributed by atoms with Crippen LogP contribution in [0.4, 0.5) is 5.69 Å². The van der Waals surface area contributed by atoms with Crippen molar-refractivity contribution in [3.63, 3.8) is 0 Å². The summed E-state index contributed by atoms with van der Waals surface area (Å²) < 4.78 is 4.80. The summed E-state index contributed by atoms with van der Waals surface area (Å²) in [6.45, 7) is 2.00. The molecule has 0 amide bonds. The zero-order valence-electron chi connectivity index (χ0n) is 13.9. The fraction of sp³-hybridized carbons (Fsp3) is 0.444. The number of carbonyl (C=O) groups is 1. The normalized spacial score (nSPS) is 23.9. The first kappa shape index (κ1) is 16.9. The maximum Gasteiger partial charge on any atom is 0.308 e. The summed E-state index contributed by atoms with van der Waals surface area (Å²) in [4.78, 5) is 17.1. The number of aliphatic hydroxyl groups is 1. The molecule has 1 fully saturated rings. The van der Waals surface area contributed by atoms with Crippen molar-refractivity contribution >= 4 is 23.0 Å². The highest BCUT2D eigenvalue weighted by atomic mass is 32.1. The Morgan fingerprint density at radius 3 is 2.71 bits per heavy atom. The molecule has 1 aromatic carbocycles. The van der Waals surface area contributed by atoms with Gasteiger partial charge in [-0.25, -0.2) is 4.98 Å². The topological polar surface area (TPSA) is 85.4 Å². The van der Waals surface area contributed by atoms with Gasteiger partial charge in [0.05, 0.1) is 17.9 Å². The maximum atomic E-state index is 11.6. The fourth-order valence-corrected chi connectivity index (χ4v) is 4.34. The van der Waals surface area contributed by atoms with Gasteiger partial charge in [-0.3, -0.25) is 4.79 Å². The van der Waals surface area contributed by atoms with Crippen LogP contribution in [0.3, 0.4) is 0 Å². The van der Waals surface area contributed by atoms with Gasteiger partial charge >= 0.3 is 5.97 Å². The summed E-state index contributed by atoms with van der Waals surface area (Å²) in [7, 11) is 1.41. The Kier molecular flexibility index (Phi) is 4.60. The zero-order chi connectivity index (χ0) is 17.3. The smallest absolute Gasteiger partial charge is 0.308 e. The van der Waals surface area contributed by atoms with Gasteiger partial charge in [0.1, 0.15) is 10.6 Å². The number of hydrogen-bond acceptors (Lipinski definition) is 6. The number of methoxy groups -OCH3 is 1. The molecule has 128 valence electrons. The summed E-state index contributed by atoms with van der Waals surface area (Å²) in [6, 6.07) is 5.90. The van der Waals surface area contributed by atoms with Crippen LogP contribution in [0.5, 0.6) is 0 Å². The lowest BCUT2D eigenvalue weighted by Crippen LogP contribution is -2.34. The van der Waals surface area contributed by atoms with Crippen molar-refractivity contribution in [2.45, 2.75) is 38.2 Å². The number of carbonyl (C=O) groups excluding carboxylic acids is 1. The molecule has 1 saturated carbocycles. The number of benzene rings is 1. The molecule has 3 N–H and O–H groups in total. The quantitative estimate of drug-likeness (QED) is 0.658. The van der Waals surface area contributed by atoms with Crippen LogP contribution in [0, 0.1) is 12.8 Å². The minimum Gasteiger partial charge on any atom is -0.469 e. The SMILES string of the molecule is COC(=O)C1CCC(O)(c2ncc(-c3cc(C)cc(N)c3)s2)CC1. The molecule has 0 spiro atoms. The minimum absolute atomic E-state index is 0.119. The summed E-state index contributed by atoms with van der Waals surface area (Å²) >= 11 is 1.49. The number of nitrogens with two attached hydrogens (primary N) is 1. The fourth-order valence-electron chi connectivity index (χ4n) is 3.29. The number of thiazole rings is 1. The van der Waals surface area contributed by atoms with Crippen molar-refractivity contribution in [3.8, 4) is 10.4 Å². The number of esters is 1. The Bertz CT molecular complexity index is 728. The van der Waals surface area contributed by atoms with E-state index in [2.05, 4.69) is 11.1 Å². The van der Waals surface area contributed by atoms with Gasteiger partial charge in [0.2, 0.25) is 0 Å². The van der Waals surface area contributed by atoms with Gasteiger partial charge in [0.25, 0.3) is 0 Å². The summed E-state index contributed by atoms with van der Waals surface area (Å²) in [5, 5.41) is 11.7. The van der Waals surface area contributed by atoms with E-state index in [1.165, 1.54) is 18.4 Å². The molecule has 6 heteroatoms. The highest BCUT2D eigenvalue weighted by molar-refractivity contribution is 7.15. The van der Waals surface area contributed by atoms with Crippen LogP contribution in [-0.4, -0.2) is 23.2 Å². The van der Waals surface area contributed by atoms with Crippen LogP contribution in [-0.2, 0) is 15.1 Å². The second kappa shape index (κ2) is 6.53. The molecule has 0 unspecified atom stereocenters. The lowest BCUT2D eigenvalue weighted by Gasteiger charge is -2.33. The van der Waals surface area contributed by atoms with Gasteiger partial charge in [-0.2, -0.15) is 0 Å². The van der Waals surface area contributed by atoms with Crippen molar-refractivity contribution in [2.24, 2.45) is 5.92 Å². The number of aromatic nitrogens is 1. The van der Waals surface area contributed by atoms with E-state index in [1.54, 1.807) is 6.20 Å². The van der Waals surface area contributed by atoms with Crippen LogP contribution in [0.15, 0.2) is 24.4 Å². The second-order valence-corrected chi connectivity index (χ2v) is 7.52. The highest BCUT2D eigenvalue weighted by Gasteiger charge is 2.39. The molecule has 1 aromatic heterocycles. The van der Waals surface area contributed by atoms with Crippen LogP contribution in [0.1, 0.15) is 36.3 Å². The zero-order valence-corrected chi connectivity index (χ0v) is 14.7. The van der Waals surface area contributed by atoms with Gasteiger partial charge in [-0.1, -0.05) is 6.07 Å². The molecule has 24 heavy (non-hydrogen) atoms. The van der Waals surface area contributed by atoms with E-state index in [9.17, 15) is 9.90 Å². The molecule has 1 heterocycles. The largest absolute Gasteiger partial charge is 0.469 e. The molecule has 3 rings (SSSR count). The summed E-state index contributed by atoms with van der Waals surface area (Å²) in [5.74, 6) is -0.307. The Morgan fingerprint density at radius 1 is 1.38 bits per heavy atom. The third-order valence-electron chi connectivity index (χ3n) is 4.64. The average molecular weight is 346 g/mol. The van der Waals surface area contributed by atoms with E-state index < -0.39 is 5.60 Å². The van der Waals surface area contributed by atoms with Gasteiger partial charge in [-0.05, 0) is 55.9 Å². The van der Waals surface area contributed by atoms with E-state index in [0.29, 0.717) is 30.7 Å². The molecule has 0 bridgehead atoms. The van der Waals surface area contributed by atoms with Crippen molar-refractivity contribution in [1.29, 1.82) is 0 Å². The molecular weight excluding hydrogens is 324 g/mol. The first-order valence-corrected chi connectivity index (χ1v) is 8.87. The first-order chi connectivity index (χ1) is 11.4. The van der Waals surface area contributed by atoms with Crippen LogP contribution in [0.2, 0.25) is 0 Å². The predicted octanol–water partition coefficient (Wildman–Crippen LogP) is 3.25. The van der Waals surface area contributed by atoms with Gasteiger partial charge < -0.3 is 15.6 Å². The minimum atomic E-state index is -0.956. The molecule has 0 saturated heterocycles. The van der Waals surface area contributed by atoms with E-state index >= 15 is 0 Å². The molecule has 0 radical (unpaired) electrons. The monoisotopic (exact) mass is 346 g/mol. The number of nitrogens with zero attached hydrogens (tertiary/aromatic N) is 1. The average Bonchev–Trinajstić information content (AvgIpc) is 3.05. The van der Waals surface area contributed by atoms with Gasteiger partial charge in [0.15, 0.2) is 0 Å². The Morgan fingerprint density at radius 2 is 2.08 bits per heavy atom. The molecule has 5 nitrogen and oxygen atoms in total. The number of rotatable bonds is 3. The van der Waals surface area contributed by atoms with E-state index in [1.807, 2.05) is 19.1 Å². The molecule has 1 aliphatic carbocycles. The van der Waals surface area contributed by atoms with Crippen molar-refractivity contribution in [3.05, 3.63) is 35.0 Å². The van der Waals surface area contributed by atoms with Crippen molar-refractivity contribution in [1.82, 2.24) is 4.98 Å². The third-order valence-corrected chi connectivity index (χ3v) is 5.88.